The minimum atomic E-state index is -0.105. The van der Waals surface area contributed by atoms with Crippen molar-refractivity contribution >= 4 is 23.3 Å². The van der Waals surface area contributed by atoms with Crippen LogP contribution in [0.25, 0.3) is 0 Å². The van der Waals surface area contributed by atoms with Gasteiger partial charge in [0.25, 0.3) is 5.91 Å². The van der Waals surface area contributed by atoms with Crippen LogP contribution >= 0.6 is 11.3 Å². The molecule has 0 bridgehead atoms. The van der Waals surface area contributed by atoms with Gasteiger partial charge in [-0.05, 0) is 50.2 Å². The standard InChI is InChI=1S/C20H28N4O2S/c1-4-24(15-18-9-6-12-27-18)20(26)22-14-16-7-5-8-17(13-16)19(25)21-10-11-23(2)3/h5-9,12-13H,4,10-11,14-15H2,1-3H3,(H,21,25)(H,22,26). The number of hydrogen-bond acceptors (Lipinski definition) is 4. The first-order valence-electron chi connectivity index (χ1n) is 9.06. The number of rotatable bonds is 9. The summed E-state index contributed by atoms with van der Waals surface area (Å²) in [6.45, 7) is 4.98. The molecule has 1 aromatic carbocycles. The van der Waals surface area contributed by atoms with Gasteiger partial charge in [0.15, 0.2) is 0 Å². The van der Waals surface area contributed by atoms with Gasteiger partial charge in [-0.3, -0.25) is 4.79 Å². The Morgan fingerprint density at radius 1 is 1.11 bits per heavy atom. The maximum atomic E-state index is 12.4. The number of thiophene rings is 1. The molecule has 2 aromatic rings. The highest BCUT2D eigenvalue weighted by molar-refractivity contribution is 7.09. The van der Waals surface area contributed by atoms with Crippen molar-refractivity contribution in [2.45, 2.75) is 20.0 Å². The summed E-state index contributed by atoms with van der Waals surface area (Å²) in [7, 11) is 3.93. The van der Waals surface area contributed by atoms with Gasteiger partial charge in [-0.1, -0.05) is 18.2 Å². The fourth-order valence-corrected chi connectivity index (χ4v) is 3.24. The molecule has 0 unspecified atom stereocenters. The van der Waals surface area contributed by atoms with Crippen LogP contribution in [0, 0.1) is 0 Å². The van der Waals surface area contributed by atoms with Crippen molar-refractivity contribution in [3.63, 3.8) is 0 Å². The summed E-state index contributed by atoms with van der Waals surface area (Å²) in [5, 5.41) is 7.85. The average molecular weight is 389 g/mol. The molecular weight excluding hydrogens is 360 g/mol. The number of nitrogens with one attached hydrogen (secondary N) is 2. The fourth-order valence-electron chi connectivity index (χ4n) is 2.52. The molecule has 2 N–H and O–H groups in total. The molecule has 0 aliphatic heterocycles. The van der Waals surface area contributed by atoms with E-state index >= 15 is 0 Å². The smallest absolute Gasteiger partial charge is 0.317 e. The second kappa shape index (κ2) is 10.7. The number of nitrogens with zero attached hydrogens (tertiary/aromatic N) is 2. The normalized spacial score (nSPS) is 10.7. The molecule has 1 aromatic heterocycles. The summed E-state index contributed by atoms with van der Waals surface area (Å²) >= 11 is 1.64. The number of carbonyl (C=O) groups is 2. The van der Waals surface area contributed by atoms with Crippen LogP contribution in [0.1, 0.15) is 27.7 Å². The third-order valence-corrected chi connectivity index (χ3v) is 4.93. The zero-order chi connectivity index (χ0) is 19.6. The van der Waals surface area contributed by atoms with Crippen molar-refractivity contribution < 1.29 is 9.59 Å². The lowest BCUT2D eigenvalue weighted by atomic mass is 10.1. The third-order valence-electron chi connectivity index (χ3n) is 4.07. The lowest BCUT2D eigenvalue weighted by Gasteiger charge is -2.20. The minimum Gasteiger partial charge on any atom is -0.351 e. The number of likely N-dealkylation sites (N-methyl/N-ethyl adjacent to an activating group) is 1. The Balaban J connectivity index is 1.87. The van der Waals surface area contributed by atoms with E-state index in [1.807, 2.05) is 61.6 Å². The molecule has 0 aliphatic carbocycles. The van der Waals surface area contributed by atoms with Crippen LogP contribution in [0.5, 0.6) is 0 Å². The first kappa shape index (κ1) is 20.9. The zero-order valence-corrected chi connectivity index (χ0v) is 17.0. The molecule has 0 spiro atoms. The van der Waals surface area contributed by atoms with Crippen LogP contribution in [0.4, 0.5) is 4.79 Å². The number of hydrogen-bond donors (Lipinski definition) is 2. The van der Waals surface area contributed by atoms with Gasteiger partial charge in [0.2, 0.25) is 0 Å². The quantitative estimate of drug-likeness (QED) is 0.694. The highest BCUT2D eigenvalue weighted by Gasteiger charge is 2.13. The van der Waals surface area contributed by atoms with Gasteiger partial charge in [0.1, 0.15) is 0 Å². The lowest BCUT2D eigenvalue weighted by Crippen LogP contribution is -2.38. The van der Waals surface area contributed by atoms with Gasteiger partial charge in [-0.15, -0.1) is 11.3 Å². The Morgan fingerprint density at radius 2 is 1.93 bits per heavy atom. The lowest BCUT2D eigenvalue weighted by molar-refractivity contribution is 0.0951. The van der Waals surface area contributed by atoms with Crippen molar-refractivity contribution in [1.29, 1.82) is 0 Å². The van der Waals surface area contributed by atoms with Gasteiger partial charge in [-0.2, -0.15) is 0 Å². The maximum absolute atomic E-state index is 12.4. The molecule has 0 fully saturated rings. The predicted molar refractivity (Wildman–Crippen MR) is 110 cm³/mol. The van der Waals surface area contributed by atoms with E-state index in [-0.39, 0.29) is 11.9 Å². The predicted octanol–water partition coefficient (Wildman–Crippen LogP) is 2.77. The van der Waals surface area contributed by atoms with Crippen LogP contribution in [-0.2, 0) is 13.1 Å². The summed E-state index contributed by atoms with van der Waals surface area (Å²) in [5.74, 6) is -0.0992. The van der Waals surface area contributed by atoms with Crippen LogP contribution in [-0.4, -0.2) is 55.5 Å². The number of amides is 3. The van der Waals surface area contributed by atoms with E-state index in [1.165, 1.54) is 0 Å². The molecular formula is C20H28N4O2S. The molecule has 0 atom stereocenters. The molecule has 146 valence electrons. The van der Waals surface area contributed by atoms with Gasteiger partial charge in [-0.25, -0.2) is 4.79 Å². The van der Waals surface area contributed by atoms with Crippen LogP contribution < -0.4 is 10.6 Å². The van der Waals surface area contributed by atoms with E-state index in [9.17, 15) is 9.59 Å². The highest BCUT2D eigenvalue weighted by Crippen LogP contribution is 2.12. The summed E-state index contributed by atoms with van der Waals surface area (Å²) in [5.41, 5.74) is 1.50. The van der Waals surface area contributed by atoms with E-state index in [0.717, 1.165) is 17.0 Å². The highest BCUT2D eigenvalue weighted by atomic mass is 32.1. The number of benzene rings is 1. The topological polar surface area (TPSA) is 64.7 Å². The minimum absolute atomic E-state index is 0.0992. The van der Waals surface area contributed by atoms with Crippen molar-refractivity contribution in [3.8, 4) is 0 Å². The summed E-state index contributed by atoms with van der Waals surface area (Å²) in [6, 6.07) is 11.3. The maximum Gasteiger partial charge on any atom is 0.317 e. The molecule has 0 saturated carbocycles. The Bertz CT molecular complexity index is 731. The second-order valence-corrected chi connectivity index (χ2v) is 7.54. The van der Waals surface area contributed by atoms with E-state index < -0.39 is 0 Å². The SMILES string of the molecule is CCN(Cc1cccs1)C(=O)NCc1cccc(C(=O)NCCN(C)C)c1. The van der Waals surface area contributed by atoms with Crippen LogP contribution in [0.2, 0.25) is 0 Å². The number of urea groups is 1. The number of carbonyl (C=O) groups excluding carboxylic acids is 2. The van der Waals surface area contributed by atoms with Crippen molar-refractivity contribution in [3.05, 3.63) is 57.8 Å². The summed E-state index contributed by atoms with van der Waals surface area (Å²) < 4.78 is 0. The average Bonchev–Trinajstić information content (AvgIpc) is 3.17. The van der Waals surface area contributed by atoms with E-state index in [1.54, 1.807) is 22.3 Å². The van der Waals surface area contributed by atoms with E-state index in [0.29, 0.717) is 31.7 Å². The van der Waals surface area contributed by atoms with Gasteiger partial charge < -0.3 is 20.4 Å². The second-order valence-electron chi connectivity index (χ2n) is 6.51. The van der Waals surface area contributed by atoms with E-state index in [4.69, 9.17) is 0 Å². The molecule has 3 amide bonds. The largest absolute Gasteiger partial charge is 0.351 e. The summed E-state index contributed by atoms with van der Waals surface area (Å²) in [6.07, 6.45) is 0. The third kappa shape index (κ3) is 7.03. The van der Waals surface area contributed by atoms with Crippen molar-refractivity contribution in [1.82, 2.24) is 20.4 Å². The van der Waals surface area contributed by atoms with Crippen LogP contribution in [0.3, 0.4) is 0 Å². The van der Waals surface area contributed by atoms with Crippen molar-refractivity contribution in [2.24, 2.45) is 0 Å². The van der Waals surface area contributed by atoms with Crippen molar-refractivity contribution in [2.75, 3.05) is 33.7 Å². The van der Waals surface area contributed by atoms with Gasteiger partial charge in [0, 0.05) is 36.6 Å². The zero-order valence-electron chi connectivity index (χ0n) is 16.2. The van der Waals surface area contributed by atoms with Crippen LogP contribution in [0.15, 0.2) is 41.8 Å². The molecule has 0 saturated heterocycles. The Morgan fingerprint density at radius 3 is 2.59 bits per heavy atom. The Kier molecular flexibility index (Phi) is 8.29. The first-order valence-corrected chi connectivity index (χ1v) is 9.94. The fraction of sp³-hybridized carbons (Fsp3) is 0.400. The molecule has 0 aliphatic rings. The molecule has 27 heavy (non-hydrogen) atoms. The molecule has 1 heterocycles. The van der Waals surface area contributed by atoms with E-state index in [2.05, 4.69) is 10.6 Å². The molecule has 7 heteroatoms. The molecule has 2 rings (SSSR count). The first-order chi connectivity index (χ1) is 13.0. The van der Waals surface area contributed by atoms with Gasteiger partial charge in [0.05, 0.1) is 6.54 Å². The van der Waals surface area contributed by atoms with Gasteiger partial charge >= 0.3 is 6.03 Å². The Labute approximate surface area is 165 Å². The monoisotopic (exact) mass is 388 g/mol. The molecule has 0 radical (unpaired) electrons. The summed E-state index contributed by atoms with van der Waals surface area (Å²) in [4.78, 5) is 29.6. The Hall–Kier alpha value is -2.38. The molecule has 6 nitrogen and oxygen atoms in total.